The van der Waals surface area contributed by atoms with Gasteiger partial charge in [-0.2, -0.15) is 5.26 Å². The zero-order chi connectivity index (χ0) is 32.1. The van der Waals surface area contributed by atoms with Crippen molar-refractivity contribution in [3.8, 4) is 29.1 Å². The Morgan fingerprint density at radius 1 is 1.04 bits per heavy atom. The number of esters is 1. The molecular weight excluding hydrogens is 594 g/mol. The first kappa shape index (κ1) is 31.1. The van der Waals surface area contributed by atoms with Gasteiger partial charge in [-0.25, -0.2) is 9.79 Å². The van der Waals surface area contributed by atoms with Crippen molar-refractivity contribution in [3.05, 3.63) is 114 Å². The van der Waals surface area contributed by atoms with Crippen molar-refractivity contribution in [2.45, 2.75) is 26.5 Å². The normalized spacial score (nSPS) is 14.2. The molecule has 45 heavy (non-hydrogen) atoms. The zero-order valence-corrected chi connectivity index (χ0v) is 26.3. The summed E-state index contributed by atoms with van der Waals surface area (Å²) < 4.78 is 29.9. The first-order valence-corrected chi connectivity index (χ1v) is 14.9. The van der Waals surface area contributed by atoms with Gasteiger partial charge in [-0.1, -0.05) is 41.7 Å². The van der Waals surface area contributed by atoms with Crippen LogP contribution in [0.4, 0.5) is 0 Å². The highest BCUT2D eigenvalue weighted by atomic mass is 32.1. The van der Waals surface area contributed by atoms with Crippen LogP contribution in [0.2, 0.25) is 0 Å². The minimum absolute atomic E-state index is 0.159. The average molecular weight is 626 g/mol. The van der Waals surface area contributed by atoms with E-state index in [1.165, 1.54) is 37.2 Å². The van der Waals surface area contributed by atoms with Crippen LogP contribution in [0.5, 0.6) is 23.0 Å². The van der Waals surface area contributed by atoms with E-state index in [1.807, 2.05) is 30.3 Å². The first-order chi connectivity index (χ1) is 21.8. The molecule has 5 rings (SSSR count). The fraction of sp³-hybridized carbons (Fsp3) is 0.235. The molecule has 2 heterocycles. The predicted octanol–water partition coefficient (Wildman–Crippen LogP) is 4.27. The van der Waals surface area contributed by atoms with Crippen LogP contribution in [0, 0.1) is 11.3 Å². The molecule has 0 amide bonds. The molecule has 0 spiro atoms. The van der Waals surface area contributed by atoms with Gasteiger partial charge in [0.25, 0.3) is 5.56 Å². The molecule has 1 aromatic heterocycles. The van der Waals surface area contributed by atoms with Crippen LogP contribution < -0.4 is 33.8 Å². The number of hydrogen-bond donors (Lipinski definition) is 0. The fourth-order valence-electron chi connectivity index (χ4n) is 5.09. The lowest BCUT2D eigenvalue weighted by Gasteiger charge is -2.26. The Morgan fingerprint density at radius 2 is 1.73 bits per heavy atom. The molecule has 0 unspecified atom stereocenters. The molecule has 1 aliphatic heterocycles. The molecule has 0 fully saturated rings. The van der Waals surface area contributed by atoms with Crippen LogP contribution in [-0.2, 0) is 16.1 Å². The largest absolute Gasteiger partial charge is 0.493 e. The minimum atomic E-state index is -0.858. The Kier molecular flexibility index (Phi) is 9.35. The molecule has 4 aromatic rings. The topological polar surface area (TPSA) is 121 Å². The summed E-state index contributed by atoms with van der Waals surface area (Å²) in [7, 11) is 4.51. The fourth-order valence-corrected chi connectivity index (χ4v) is 6.14. The maximum atomic E-state index is 14.0. The van der Waals surface area contributed by atoms with E-state index in [0.717, 1.165) is 11.1 Å². The number of nitrogens with zero attached hydrogens (tertiary/aromatic N) is 3. The third-order valence-electron chi connectivity index (χ3n) is 7.23. The van der Waals surface area contributed by atoms with E-state index < -0.39 is 12.0 Å². The van der Waals surface area contributed by atoms with E-state index in [-0.39, 0.29) is 24.3 Å². The van der Waals surface area contributed by atoms with Crippen LogP contribution in [0.15, 0.2) is 81.7 Å². The molecule has 0 radical (unpaired) electrons. The number of fused-ring (bicyclic) bond motifs is 1. The second-order valence-electron chi connectivity index (χ2n) is 9.89. The predicted molar refractivity (Wildman–Crippen MR) is 168 cm³/mol. The molecule has 1 aliphatic rings. The molecule has 0 saturated heterocycles. The van der Waals surface area contributed by atoms with Gasteiger partial charge in [-0.3, -0.25) is 9.36 Å². The highest BCUT2D eigenvalue weighted by Gasteiger charge is 2.34. The van der Waals surface area contributed by atoms with Crippen LogP contribution in [-0.4, -0.2) is 38.5 Å². The summed E-state index contributed by atoms with van der Waals surface area (Å²) in [6.45, 7) is 3.86. The number of methoxy groups -OCH3 is 3. The SMILES string of the molecule is CCOC(=O)C1=C(C)N=c2s/c(=C/c3ccc(OCc4ccccc4C#N)cc3)c(=O)n2[C@@H]1c1cc(OC)c(OC)c(OC)c1. The van der Waals surface area contributed by atoms with Crippen molar-refractivity contribution in [1.82, 2.24) is 4.57 Å². The third kappa shape index (κ3) is 6.18. The number of allylic oxidation sites excluding steroid dienone is 1. The summed E-state index contributed by atoms with van der Waals surface area (Å²) in [5, 5.41) is 9.32. The Bertz CT molecular complexity index is 1980. The van der Waals surface area contributed by atoms with Gasteiger partial charge in [-0.15, -0.1) is 0 Å². The van der Waals surface area contributed by atoms with E-state index >= 15 is 0 Å². The van der Waals surface area contributed by atoms with E-state index in [0.29, 0.717) is 49.2 Å². The number of benzene rings is 3. The van der Waals surface area contributed by atoms with Crippen molar-refractivity contribution >= 4 is 23.4 Å². The summed E-state index contributed by atoms with van der Waals surface area (Å²) in [4.78, 5) is 32.4. The van der Waals surface area contributed by atoms with Gasteiger partial charge in [0.2, 0.25) is 5.75 Å². The minimum Gasteiger partial charge on any atom is -0.493 e. The van der Waals surface area contributed by atoms with Crippen molar-refractivity contribution in [1.29, 1.82) is 5.26 Å². The zero-order valence-electron chi connectivity index (χ0n) is 25.5. The lowest BCUT2D eigenvalue weighted by molar-refractivity contribution is -0.139. The number of nitriles is 1. The van der Waals surface area contributed by atoms with Crippen LogP contribution in [0.3, 0.4) is 0 Å². The molecule has 11 heteroatoms. The second-order valence-corrected chi connectivity index (χ2v) is 10.9. The molecule has 3 aromatic carbocycles. The number of hydrogen-bond acceptors (Lipinski definition) is 10. The summed E-state index contributed by atoms with van der Waals surface area (Å²) in [6.07, 6.45) is 1.77. The highest BCUT2D eigenvalue weighted by molar-refractivity contribution is 7.07. The van der Waals surface area contributed by atoms with E-state index in [4.69, 9.17) is 23.7 Å². The quantitative estimate of drug-likeness (QED) is 0.240. The third-order valence-corrected chi connectivity index (χ3v) is 8.21. The van der Waals surface area contributed by atoms with Crippen molar-refractivity contribution in [2.75, 3.05) is 27.9 Å². The second kappa shape index (κ2) is 13.5. The van der Waals surface area contributed by atoms with Gasteiger partial charge in [0, 0.05) is 5.56 Å². The van der Waals surface area contributed by atoms with Crippen molar-refractivity contribution < 1.29 is 28.5 Å². The van der Waals surface area contributed by atoms with Crippen molar-refractivity contribution in [2.24, 2.45) is 4.99 Å². The Labute approximate surface area is 263 Å². The number of rotatable bonds is 10. The van der Waals surface area contributed by atoms with Gasteiger partial charge >= 0.3 is 5.97 Å². The first-order valence-electron chi connectivity index (χ1n) is 14.0. The van der Waals surface area contributed by atoms with Crippen molar-refractivity contribution in [3.63, 3.8) is 0 Å². The molecule has 230 valence electrons. The standard InChI is InChI=1S/C34H31N3O7S/c1-6-43-33(39)29-20(2)36-34-37(30(29)24-16-26(40-3)31(42-5)27(17-24)41-4)32(38)28(45-34)15-21-11-13-25(14-12-21)44-19-23-10-8-7-9-22(23)18-35/h7-17,30H,6,19H2,1-5H3/b28-15+/t30-/m1/s1. The average Bonchev–Trinajstić information content (AvgIpc) is 3.36. The number of carbonyl (C=O) groups is 1. The van der Waals surface area contributed by atoms with E-state index in [9.17, 15) is 14.9 Å². The Balaban J connectivity index is 1.56. The van der Waals surface area contributed by atoms with Crippen LogP contribution in [0.1, 0.15) is 42.1 Å². The molecule has 0 bridgehead atoms. The van der Waals surface area contributed by atoms with E-state index in [2.05, 4.69) is 11.1 Å². The summed E-state index contributed by atoms with van der Waals surface area (Å²) >= 11 is 1.22. The van der Waals surface area contributed by atoms with Gasteiger partial charge in [-0.05, 0) is 61.4 Å². The molecule has 1 atom stereocenters. The molecule has 0 aliphatic carbocycles. The summed E-state index contributed by atoms with van der Waals surface area (Å²) in [6, 6.07) is 19.3. The maximum absolute atomic E-state index is 14.0. The number of thiazole rings is 1. The Hall–Kier alpha value is -5.34. The van der Waals surface area contributed by atoms with Gasteiger partial charge in [0.1, 0.15) is 12.4 Å². The lowest BCUT2D eigenvalue weighted by atomic mass is 9.95. The van der Waals surface area contributed by atoms with Gasteiger partial charge in [0.15, 0.2) is 16.3 Å². The summed E-state index contributed by atoms with van der Waals surface area (Å²) in [5.41, 5.74) is 3.06. The van der Waals surface area contributed by atoms with E-state index in [1.54, 1.807) is 50.3 Å². The highest BCUT2D eigenvalue weighted by Crippen LogP contribution is 2.42. The van der Waals surface area contributed by atoms with Gasteiger partial charge < -0.3 is 23.7 Å². The maximum Gasteiger partial charge on any atom is 0.338 e. The van der Waals surface area contributed by atoms with Crippen LogP contribution in [0.25, 0.3) is 6.08 Å². The number of aromatic nitrogens is 1. The van der Waals surface area contributed by atoms with Crippen LogP contribution >= 0.6 is 11.3 Å². The molecule has 0 saturated carbocycles. The smallest absolute Gasteiger partial charge is 0.338 e. The monoisotopic (exact) mass is 625 g/mol. The number of carbonyl (C=O) groups excluding carboxylic acids is 1. The molecular formula is C34H31N3O7S. The summed E-state index contributed by atoms with van der Waals surface area (Å²) in [5.74, 6) is 1.20. The number of ether oxygens (including phenoxy) is 5. The Morgan fingerprint density at radius 3 is 2.36 bits per heavy atom. The van der Waals surface area contributed by atoms with Gasteiger partial charge in [0.05, 0.1) is 61.4 Å². The molecule has 0 N–H and O–H groups in total. The lowest BCUT2D eigenvalue weighted by Crippen LogP contribution is -2.40. The molecule has 10 nitrogen and oxygen atoms in total.